The second-order valence-corrected chi connectivity index (χ2v) is 4.96. The number of carbonyl (C=O) groups excluding carboxylic acids is 1. The summed E-state index contributed by atoms with van der Waals surface area (Å²) in [6, 6.07) is 17.6. The lowest BCUT2D eigenvalue weighted by Crippen LogP contribution is -2.03. The molecule has 0 aliphatic carbocycles. The average Bonchev–Trinajstić information content (AvgIpc) is 2.55. The molecule has 0 fully saturated rings. The Bertz CT molecular complexity index is 830. The minimum absolute atomic E-state index is 0.418. The number of aromatic nitrogens is 1. The molecule has 0 bridgehead atoms. The van der Waals surface area contributed by atoms with Crippen molar-refractivity contribution < 1.29 is 9.53 Å². The van der Waals surface area contributed by atoms with Crippen molar-refractivity contribution >= 4 is 22.8 Å². The van der Waals surface area contributed by atoms with Gasteiger partial charge in [0.25, 0.3) is 0 Å². The van der Waals surface area contributed by atoms with E-state index in [0.29, 0.717) is 5.75 Å². The number of pyridine rings is 1. The highest BCUT2D eigenvalue weighted by Gasteiger charge is 2.02. The third kappa shape index (κ3) is 3.20. The molecule has 108 valence electrons. The molecule has 3 aromatic rings. The fourth-order valence-electron chi connectivity index (χ4n) is 2.22. The Labute approximate surface area is 128 Å². The molecule has 0 radical (unpaired) electrons. The van der Waals surface area contributed by atoms with Crippen LogP contribution in [0.1, 0.15) is 11.3 Å². The molecular weight excluding hydrogens is 274 g/mol. The van der Waals surface area contributed by atoms with Gasteiger partial charge in [-0.2, -0.15) is 0 Å². The van der Waals surface area contributed by atoms with E-state index in [9.17, 15) is 4.79 Å². The van der Waals surface area contributed by atoms with Gasteiger partial charge in [-0.25, -0.2) is 4.79 Å². The lowest BCUT2D eigenvalue weighted by atomic mass is 10.0. The number of esters is 1. The summed E-state index contributed by atoms with van der Waals surface area (Å²) in [7, 11) is 0. The van der Waals surface area contributed by atoms with Gasteiger partial charge in [-0.1, -0.05) is 42.5 Å². The van der Waals surface area contributed by atoms with Crippen molar-refractivity contribution in [1.82, 2.24) is 4.98 Å². The van der Waals surface area contributed by atoms with Crippen LogP contribution in [0, 0.1) is 6.92 Å². The molecule has 0 amide bonds. The highest BCUT2D eigenvalue weighted by Crippen LogP contribution is 2.19. The quantitative estimate of drug-likeness (QED) is 0.537. The van der Waals surface area contributed by atoms with Crippen LogP contribution in [0.4, 0.5) is 0 Å². The van der Waals surface area contributed by atoms with E-state index in [-0.39, 0.29) is 0 Å². The standard InChI is InChI=1S/C19H15NO2/c1-14-9-11-17(13-20-14)22-19(21)12-10-16-7-4-6-15-5-2-3-8-18(15)16/h2-13H,1H3/b12-10-. The van der Waals surface area contributed by atoms with Crippen LogP contribution in [-0.4, -0.2) is 11.0 Å². The first-order valence-electron chi connectivity index (χ1n) is 7.03. The maximum Gasteiger partial charge on any atom is 0.336 e. The number of hydrogen-bond acceptors (Lipinski definition) is 3. The van der Waals surface area contributed by atoms with Gasteiger partial charge < -0.3 is 4.74 Å². The molecule has 3 heteroatoms. The summed E-state index contributed by atoms with van der Waals surface area (Å²) in [6.07, 6.45) is 4.74. The summed E-state index contributed by atoms with van der Waals surface area (Å²) >= 11 is 0. The maximum atomic E-state index is 11.9. The van der Waals surface area contributed by atoms with Gasteiger partial charge >= 0.3 is 5.97 Å². The van der Waals surface area contributed by atoms with E-state index in [2.05, 4.69) is 4.98 Å². The number of hydrogen-bond donors (Lipinski definition) is 0. The maximum absolute atomic E-state index is 11.9. The van der Waals surface area contributed by atoms with E-state index < -0.39 is 5.97 Å². The Morgan fingerprint density at radius 1 is 1.05 bits per heavy atom. The van der Waals surface area contributed by atoms with Crippen LogP contribution in [-0.2, 0) is 4.79 Å². The van der Waals surface area contributed by atoms with Gasteiger partial charge in [0.15, 0.2) is 0 Å². The monoisotopic (exact) mass is 289 g/mol. The van der Waals surface area contributed by atoms with Gasteiger partial charge in [0.2, 0.25) is 0 Å². The third-order valence-corrected chi connectivity index (χ3v) is 3.33. The molecule has 22 heavy (non-hydrogen) atoms. The highest BCUT2D eigenvalue weighted by atomic mass is 16.5. The number of rotatable bonds is 3. The zero-order valence-corrected chi connectivity index (χ0v) is 12.2. The van der Waals surface area contributed by atoms with Gasteiger partial charge in [0, 0.05) is 11.8 Å². The van der Waals surface area contributed by atoms with Crippen LogP contribution in [0.25, 0.3) is 16.8 Å². The van der Waals surface area contributed by atoms with Crippen LogP contribution in [0.3, 0.4) is 0 Å². The zero-order valence-electron chi connectivity index (χ0n) is 12.2. The van der Waals surface area contributed by atoms with Crippen molar-refractivity contribution in [2.24, 2.45) is 0 Å². The molecule has 0 saturated heterocycles. The lowest BCUT2D eigenvalue weighted by Gasteiger charge is -2.02. The summed E-state index contributed by atoms with van der Waals surface area (Å²) in [5.41, 5.74) is 1.86. The van der Waals surface area contributed by atoms with Crippen molar-refractivity contribution in [2.75, 3.05) is 0 Å². The van der Waals surface area contributed by atoms with Gasteiger partial charge in [0.1, 0.15) is 5.75 Å². The fourth-order valence-corrected chi connectivity index (χ4v) is 2.22. The Morgan fingerprint density at radius 2 is 1.86 bits per heavy atom. The van der Waals surface area contributed by atoms with Crippen LogP contribution in [0.5, 0.6) is 5.75 Å². The lowest BCUT2D eigenvalue weighted by molar-refractivity contribution is -0.128. The predicted molar refractivity (Wildman–Crippen MR) is 87.6 cm³/mol. The smallest absolute Gasteiger partial charge is 0.336 e. The molecule has 0 aliphatic rings. The summed E-state index contributed by atoms with van der Waals surface area (Å²) in [5, 5.41) is 2.24. The molecular formula is C19H15NO2. The van der Waals surface area contributed by atoms with Crippen LogP contribution < -0.4 is 4.74 Å². The molecule has 0 N–H and O–H groups in total. The van der Waals surface area contributed by atoms with E-state index in [1.54, 1.807) is 24.4 Å². The van der Waals surface area contributed by atoms with Gasteiger partial charge in [0.05, 0.1) is 6.20 Å². The number of ether oxygens (including phenoxy) is 1. The highest BCUT2D eigenvalue weighted by molar-refractivity contribution is 5.95. The van der Waals surface area contributed by atoms with E-state index >= 15 is 0 Å². The van der Waals surface area contributed by atoms with Crippen molar-refractivity contribution in [1.29, 1.82) is 0 Å². The number of fused-ring (bicyclic) bond motifs is 1. The van der Waals surface area contributed by atoms with Crippen molar-refractivity contribution in [2.45, 2.75) is 6.92 Å². The molecule has 1 heterocycles. The summed E-state index contributed by atoms with van der Waals surface area (Å²) in [6.45, 7) is 1.88. The van der Waals surface area contributed by atoms with Gasteiger partial charge in [-0.3, -0.25) is 4.98 Å². The van der Waals surface area contributed by atoms with Crippen molar-refractivity contribution in [3.8, 4) is 5.75 Å². The molecule has 0 aliphatic heterocycles. The molecule has 0 unspecified atom stereocenters. The van der Waals surface area contributed by atoms with Crippen LogP contribution in [0.2, 0.25) is 0 Å². The molecule has 0 spiro atoms. The van der Waals surface area contributed by atoms with E-state index in [1.807, 2.05) is 49.4 Å². The number of benzene rings is 2. The normalized spacial score (nSPS) is 11.0. The molecule has 0 atom stereocenters. The molecule has 3 nitrogen and oxygen atoms in total. The Balaban J connectivity index is 1.78. The van der Waals surface area contributed by atoms with Crippen LogP contribution in [0.15, 0.2) is 66.9 Å². The summed E-state index contributed by atoms with van der Waals surface area (Å²) in [4.78, 5) is 16.0. The first-order valence-corrected chi connectivity index (χ1v) is 7.03. The van der Waals surface area contributed by atoms with Crippen LogP contribution >= 0.6 is 0 Å². The minimum Gasteiger partial charge on any atom is -0.422 e. The SMILES string of the molecule is Cc1ccc(OC(=O)/C=C\c2cccc3ccccc23)cn1. The third-order valence-electron chi connectivity index (χ3n) is 3.33. The molecule has 0 saturated carbocycles. The van der Waals surface area contributed by atoms with E-state index in [1.165, 1.54) is 6.08 Å². The Hall–Kier alpha value is -2.94. The minimum atomic E-state index is -0.418. The van der Waals surface area contributed by atoms with Crippen molar-refractivity contribution in [3.05, 3.63) is 78.1 Å². The number of nitrogens with zero attached hydrogens (tertiary/aromatic N) is 1. The van der Waals surface area contributed by atoms with E-state index in [0.717, 1.165) is 22.0 Å². The average molecular weight is 289 g/mol. The largest absolute Gasteiger partial charge is 0.422 e. The first-order chi connectivity index (χ1) is 10.7. The zero-order chi connectivity index (χ0) is 15.4. The molecule has 3 rings (SSSR count). The summed E-state index contributed by atoms with van der Waals surface area (Å²) < 4.78 is 5.21. The second-order valence-electron chi connectivity index (χ2n) is 4.96. The van der Waals surface area contributed by atoms with Crippen molar-refractivity contribution in [3.63, 3.8) is 0 Å². The first kappa shape index (κ1) is 14.0. The van der Waals surface area contributed by atoms with E-state index in [4.69, 9.17) is 4.74 Å². The molecule has 1 aromatic heterocycles. The van der Waals surface area contributed by atoms with Gasteiger partial charge in [-0.15, -0.1) is 0 Å². The van der Waals surface area contributed by atoms with Gasteiger partial charge in [-0.05, 0) is 41.5 Å². The number of aryl methyl sites for hydroxylation is 1. The number of carbonyl (C=O) groups is 1. The summed E-state index contributed by atoms with van der Waals surface area (Å²) in [5.74, 6) is 0.0248. The molecule has 2 aromatic carbocycles. The Morgan fingerprint density at radius 3 is 2.68 bits per heavy atom. The topological polar surface area (TPSA) is 39.2 Å². The Kier molecular flexibility index (Phi) is 3.97. The predicted octanol–water partition coefficient (Wildman–Crippen LogP) is 4.16. The second kappa shape index (κ2) is 6.22. The fraction of sp³-hybridized carbons (Fsp3) is 0.0526.